The molecule has 0 aromatic rings. The molecule has 0 saturated heterocycles. The zero-order chi connectivity index (χ0) is 12.1. The van der Waals surface area contributed by atoms with E-state index in [4.69, 9.17) is 4.74 Å². The number of ether oxygens (including phenoxy) is 1. The van der Waals surface area contributed by atoms with Gasteiger partial charge in [-0.3, -0.25) is 0 Å². The van der Waals surface area contributed by atoms with Crippen molar-refractivity contribution < 1.29 is 4.74 Å². The van der Waals surface area contributed by atoms with Gasteiger partial charge in [-0.15, -0.1) is 0 Å². The van der Waals surface area contributed by atoms with Crippen molar-refractivity contribution in [2.75, 3.05) is 26.8 Å². The fraction of sp³-hybridized carbons (Fsp3) is 0.714. The first-order valence-corrected chi connectivity index (χ1v) is 6.30. The summed E-state index contributed by atoms with van der Waals surface area (Å²) in [6, 6.07) is 0. The third-order valence-corrected chi connectivity index (χ3v) is 2.47. The molecule has 0 spiro atoms. The maximum Gasteiger partial charge on any atom is 0.0643 e. The highest BCUT2D eigenvalue weighted by Gasteiger charge is 1.96. The second kappa shape index (κ2) is 12.5. The Labute approximate surface area is 101 Å². The van der Waals surface area contributed by atoms with Gasteiger partial charge < -0.3 is 10.1 Å². The van der Waals surface area contributed by atoms with E-state index in [1.165, 1.54) is 12.8 Å². The minimum Gasteiger partial charge on any atom is -0.381 e. The lowest BCUT2D eigenvalue weighted by molar-refractivity contribution is 0.233. The Morgan fingerprint density at radius 3 is 2.69 bits per heavy atom. The van der Waals surface area contributed by atoms with E-state index in [9.17, 15) is 0 Å². The highest BCUT2D eigenvalue weighted by molar-refractivity contribution is 4.86. The molecule has 0 rings (SSSR count). The molecule has 0 aliphatic carbocycles. The van der Waals surface area contributed by atoms with E-state index < -0.39 is 0 Å². The van der Waals surface area contributed by atoms with Gasteiger partial charge in [-0.2, -0.15) is 0 Å². The second-order valence-corrected chi connectivity index (χ2v) is 4.12. The Morgan fingerprint density at radius 2 is 2.00 bits per heavy atom. The Kier molecular flexibility index (Phi) is 12.0. The summed E-state index contributed by atoms with van der Waals surface area (Å²) < 4.78 is 4.95. The molecule has 0 aromatic carbocycles. The van der Waals surface area contributed by atoms with Crippen LogP contribution in [0.25, 0.3) is 0 Å². The van der Waals surface area contributed by atoms with E-state index in [0.717, 1.165) is 32.0 Å². The van der Waals surface area contributed by atoms with Crippen molar-refractivity contribution in [1.29, 1.82) is 0 Å². The molecule has 1 atom stereocenters. The fourth-order valence-electron chi connectivity index (χ4n) is 1.42. The number of hydrogen-bond acceptors (Lipinski definition) is 2. The van der Waals surface area contributed by atoms with Gasteiger partial charge in [0, 0.05) is 13.7 Å². The topological polar surface area (TPSA) is 21.3 Å². The molecule has 0 heterocycles. The molecule has 0 radical (unpaired) electrons. The molecular weight excluding hydrogens is 198 g/mol. The average molecular weight is 225 g/mol. The van der Waals surface area contributed by atoms with Crippen LogP contribution >= 0.6 is 0 Å². The summed E-state index contributed by atoms with van der Waals surface area (Å²) in [5.41, 5.74) is 0. The summed E-state index contributed by atoms with van der Waals surface area (Å²) in [4.78, 5) is 0. The monoisotopic (exact) mass is 225 g/mol. The van der Waals surface area contributed by atoms with Gasteiger partial charge in [0.15, 0.2) is 0 Å². The molecule has 0 aromatic heterocycles. The Bertz CT molecular complexity index is 187. The molecule has 0 aliphatic rings. The number of methoxy groups -OCH3 is 1. The van der Waals surface area contributed by atoms with Crippen molar-refractivity contribution in [2.45, 2.75) is 33.1 Å². The van der Waals surface area contributed by atoms with Gasteiger partial charge in [0.25, 0.3) is 0 Å². The van der Waals surface area contributed by atoms with Crippen LogP contribution in [-0.2, 0) is 4.74 Å². The van der Waals surface area contributed by atoms with Crippen LogP contribution < -0.4 is 5.32 Å². The van der Waals surface area contributed by atoms with Crippen LogP contribution in [0.4, 0.5) is 0 Å². The van der Waals surface area contributed by atoms with Gasteiger partial charge in [-0.05, 0) is 31.7 Å². The van der Waals surface area contributed by atoms with Crippen LogP contribution in [0.3, 0.4) is 0 Å². The van der Waals surface area contributed by atoms with E-state index >= 15 is 0 Å². The first-order valence-electron chi connectivity index (χ1n) is 6.30. The lowest BCUT2D eigenvalue weighted by Gasteiger charge is -2.05. The van der Waals surface area contributed by atoms with Gasteiger partial charge in [0.2, 0.25) is 0 Å². The summed E-state index contributed by atoms with van der Waals surface area (Å²) in [5.74, 6) is 0.769. The largest absolute Gasteiger partial charge is 0.381 e. The Balaban J connectivity index is 3.36. The molecule has 16 heavy (non-hydrogen) atoms. The molecular formula is C14H27NO. The van der Waals surface area contributed by atoms with E-state index in [-0.39, 0.29) is 0 Å². The van der Waals surface area contributed by atoms with E-state index in [0.29, 0.717) is 0 Å². The molecule has 1 N–H and O–H groups in total. The zero-order valence-corrected chi connectivity index (χ0v) is 11.0. The van der Waals surface area contributed by atoms with Crippen LogP contribution in [-0.4, -0.2) is 26.8 Å². The normalized spacial score (nSPS) is 13.9. The SMILES string of the molecule is CCNC/C=C/CC(C)CC/C=C\COC. The molecule has 0 saturated carbocycles. The first-order chi connectivity index (χ1) is 7.81. The smallest absolute Gasteiger partial charge is 0.0643 e. The summed E-state index contributed by atoms with van der Waals surface area (Å²) in [7, 11) is 1.72. The lowest BCUT2D eigenvalue weighted by Crippen LogP contribution is -2.11. The van der Waals surface area contributed by atoms with Gasteiger partial charge in [0.1, 0.15) is 0 Å². The Morgan fingerprint density at radius 1 is 1.19 bits per heavy atom. The number of allylic oxidation sites excluding steroid dienone is 2. The van der Waals surface area contributed by atoms with Gasteiger partial charge >= 0.3 is 0 Å². The molecule has 0 fully saturated rings. The van der Waals surface area contributed by atoms with Crippen LogP contribution in [0.1, 0.15) is 33.1 Å². The van der Waals surface area contributed by atoms with Crippen molar-refractivity contribution in [2.24, 2.45) is 5.92 Å². The molecule has 0 bridgehead atoms. The molecule has 2 nitrogen and oxygen atoms in total. The van der Waals surface area contributed by atoms with Crippen molar-refractivity contribution in [3.8, 4) is 0 Å². The molecule has 94 valence electrons. The number of hydrogen-bond donors (Lipinski definition) is 1. The minimum atomic E-state index is 0.733. The van der Waals surface area contributed by atoms with Crippen molar-refractivity contribution in [3.05, 3.63) is 24.3 Å². The fourth-order valence-corrected chi connectivity index (χ4v) is 1.42. The van der Waals surface area contributed by atoms with E-state index in [1.807, 2.05) is 0 Å². The van der Waals surface area contributed by atoms with Gasteiger partial charge in [0.05, 0.1) is 6.61 Å². The first kappa shape index (κ1) is 15.4. The maximum absolute atomic E-state index is 4.95. The van der Waals surface area contributed by atoms with E-state index in [1.54, 1.807) is 7.11 Å². The quantitative estimate of drug-likeness (QED) is 0.455. The summed E-state index contributed by atoms with van der Waals surface area (Å²) in [5, 5.41) is 3.28. The lowest BCUT2D eigenvalue weighted by atomic mass is 10.0. The van der Waals surface area contributed by atoms with Crippen LogP contribution in [0.2, 0.25) is 0 Å². The number of rotatable bonds is 10. The standard InChI is InChI=1S/C14H27NO/c1-4-15-12-8-7-11-14(2)10-6-5-9-13-16-3/h5,7-9,14-15H,4,6,10-13H2,1-3H3/b8-7+,9-5-. The van der Waals surface area contributed by atoms with Crippen LogP contribution in [0.5, 0.6) is 0 Å². The third kappa shape index (κ3) is 11.5. The second-order valence-electron chi connectivity index (χ2n) is 4.12. The summed E-state index contributed by atoms with van der Waals surface area (Å²) in [6.45, 7) is 7.21. The predicted molar refractivity (Wildman–Crippen MR) is 71.7 cm³/mol. The average Bonchev–Trinajstić information content (AvgIpc) is 2.28. The molecule has 0 aliphatic heterocycles. The van der Waals surface area contributed by atoms with Crippen LogP contribution in [0, 0.1) is 5.92 Å². The molecule has 0 amide bonds. The highest BCUT2D eigenvalue weighted by Crippen LogP contribution is 2.11. The number of likely N-dealkylation sites (N-methyl/N-ethyl adjacent to an activating group) is 1. The minimum absolute atomic E-state index is 0.733. The van der Waals surface area contributed by atoms with E-state index in [2.05, 4.69) is 43.5 Å². The zero-order valence-electron chi connectivity index (χ0n) is 11.0. The maximum atomic E-state index is 4.95. The number of nitrogens with one attached hydrogen (secondary N) is 1. The molecule has 1 unspecified atom stereocenters. The van der Waals surface area contributed by atoms with Crippen molar-refractivity contribution in [1.82, 2.24) is 5.32 Å². The molecule has 2 heteroatoms. The van der Waals surface area contributed by atoms with Crippen molar-refractivity contribution in [3.63, 3.8) is 0 Å². The van der Waals surface area contributed by atoms with Crippen LogP contribution in [0.15, 0.2) is 24.3 Å². The van der Waals surface area contributed by atoms with Crippen molar-refractivity contribution >= 4 is 0 Å². The Hall–Kier alpha value is -0.600. The predicted octanol–water partition coefficient (Wildman–Crippen LogP) is 3.16. The summed E-state index contributed by atoms with van der Waals surface area (Å²) >= 11 is 0. The summed E-state index contributed by atoms with van der Waals surface area (Å²) in [6.07, 6.45) is 12.4. The van der Waals surface area contributed by atoms with Gasteiger partial charge in [-0.25, -0.2) is 0 Å². The van der Waals surface area contributed by atoms with Gasteiger partial charge in [-0.1, -0.05) is 38.2 Å². The third-order valence-electron chi connectivity index (χ3n) is 2.47. The highest BCUT2D eigenvalue weighted by atomic mass is 16.5.